The molecule has 0 atom stereocenters. The van der Waals surface area contributed by atoms with Crippen molar-refractivity contribution < 1.29 is 0 Å². The minimum atomic E-state index is 0.724. The Labute approximate surface area is 117 Å². The Balaban J connectivity index is 1.97. The molecule has 0 amide bonds. The van der Waals surface area contributed by atoms with Gasteiger partial charge in [-0.3, -0.25) is 4.90 Å². The summed E-state index contributed by atoms with van der Waals surface area (Å²) in [6.45, 7) is 11.0. The third kappa shape index (κ3) is 4.19. The highest BCUT2D eigenvalue weighted by molar-refractivity contribution is 5.64. The standard InChI is InChI=1S/C17H26N2/c1-3-13-19(17-9-11-18-12-10-17)14-15(2)16-7-5-4-6-8-16/h4-8,17-18H,2-3,9-14H2,1H3. The lowest BCUT2D eigenvalue weighted by Gasteiger charge is -2.35. The molecule has 0 radical (unpaired) electrons. The van der Waals surface area contributed by atoms with Crippen LogP contribution >= 0.6 is 0 Å². The summed E-state index contributed by atoms with van der Waals surface area (Å²) in [4.78, 5) is 2.62. The maximum atomic E-state index is 4.28. The molecule has 2 nitrogen and oxygen atoms in total. The van der Waals surface area contributed by atoms with Crippen molar-refractivity contribution >= 4 is 5.57 Å². The molecule has 0 spiro atoms. The van der Waals surface area contributed by atoms with E-state index in [4.69, 9.17) is 0 Å². The molecule has 1 fully saturated rings. The first-order chi connectivity index (χ1) is 9.31. The zero-order valence-corrected chi connectivity index (χ0v) is 12.1. The third-order valence-electron chi connectivity index (χ3n) is 3.91. The number of nitrogens with zero attached hydrogens (tertiary/aromatic N) is 1. The maximum Gasteiger partial charge on any atom is 0.0236 e. The van der Waals surface area contributed by atoms with Crippen molar-refractivity contribution in [3.05, 3.63) is 42.5 Å². The van der Waals surface area contributed by atoms with Crippen molar-refractivity contribution in [2.75, 3.05) is 26.2 Å². The van der Waals surface area contributed by atoms with Crippen LogP contribution in [0.5, 0.6) is 0 Å². The summed E-state index contributed by atoms with van der Waals surface area (Å²) in [5.74, 6) is 0. The number of hydrogen-bond acceptors (Lipinski definition) is 2. The maximum absolute atomic E-state index is 4.28. The van der Waals surface area contributed by atoms with Crippen molar-refractivity contribution in [1.82, 2.24) is 10.2 Å². The molecule has 0 bridgehead atoms. The Morgan fingerprint density at radius 2 is 1.95 bits per heavy atom. The predicted molar refractivity (Wildman–Crippen MR) is 83.2 cm³/mol. The minimum Gasteiger partial charge on any atom is -0.317 e. The monoisotopic (exact) mass is 258 g/mol. The summed E-state index contributed by atoms with van der Waals surface area (Å²) in [5.41, 5.74) is 2.52. The van der Waals surface area contributed by atoms with Gasteiger partial charge in [0, 0.05) is 12.6 Å². The van der Waals surface area contributed by atoms with Gasteiger partial charge in [-0.15, -0.1) is 0 Å². The van der Waals surface area contributed by atoms with Gasteiger partial charge in [-0.05, 0) is 50.0 Å². The molecule has 19 heavy (non-hydrogen) atoms. The van der Waals surface area contributed by atoms with Gasteiger partial charge >= 0.3 is 0 Å². The molecule has 1 saturated heterocycles. The Hall–Kier alpha value is -1.12. The fraction of sp³-hybridized carbons (Fsp3) is 0.529. The topological polar surface area (TPSA) is 15.3 Å². The Morgan fingerprint density at radius 3 is 2.58 bits per heavy atom. The fourth-order valence-corrected chi connectivity index (χ4v) is 2.86. The number of hydrogen-bond donors (Lipinski definition) is 1. The van der Waals surface area contributed by atoms with Crippen LogP contribution < -0.4 is 5.32 Å². The number of benzene rings is 1. The smallest absolute Gasteiger partial charge is 0.0236 e. The van der Waals surface area contributed by atoms with Crippen LogP contribution in [0.4, 0.5) is 0 Å². The fourth-order valence-electron chi connectivity index (χ4n) is 2.86. The summed E-state index contributed by atoms with van der Waals surface area (Å²) in [6, 6.07) is 11.3. The molecule has 1 aliphatic rings. The summed E-state index contributed by atoms with van der Waals surface area (Å²) in [6.07, 6.45) is 3.75. The van der Waals surface area contributed by atoms with Crippen LogP contribution in [0, 0.1) is 0 Å². The van der Waals surface area contributed by atoms with Gasteiger partial charge in [0.25, 0.3) is 0 Å². The lowest BCUT2D eigenvalue weighted by molar-refractivity contribution is 0.182. The van der Waals surface area contributed by atoms with Crippen LogP contribution in [0.2, 0.25) is 0 Å². The first kappa shape index (κ1) is 14.3. The van der Waals surface area contributed by atoms with E-state index in [-0.39, 0.29) is 0 Å². The normalized spacial score (nSPS) is 16.7. The summed E-state index contributed by atoms with van der Waals surface area (Å²) >= 11 is 0. The molecular weight excluding hydrogens is 232 g/mol. The predicted octanol–water partition coefficient (Wildman–Crippen LogP) is 3.16. The molecule has 0 aromatic heterocycles. The van der Waals surface area contributed by atoms with E-state index in [0.717, 1.165) is 25.7 Å². The van der Waals surface area contributed by atoms with Crippen LogP contribution in [0.3, 0.4) is 0 Å². The van der Waals surface area contributed by atoms with E-state index >= 15 is 0 Å². The van der Waals surface area contributed by atoms with Gasteiger partial charge in [-0.1, -0.05) is 43.8 Å². The van der Waals surface area contributed by atoms with Crippen LogP contribution in [0.15, 0.2) is 36.9 Å². The van der Waals surface area contributed by atoms with Crippen molar-refractivity contribution in [2.45, 2.75) is 32.2 Å². The number of rotatable bonds is 6. The second-order valence-corrected chi connectivity index (χ2v) is 5.42. The first-order valence-electron chi connectivity index (χ1n) is 7.49. The zero-order valence-electron chi connectivity index (χ0n) is 12.1. The Bertz CT molecular complexity index is 380. The van der Waals surface area contributed by atoms with E-state index < -0.39 is 0 Å². The van der Waals surface area contributed by atoms with Crippen LogP contribution in [0.25, 0.3) is 5.57 Å². The average molecular weight is 258 g/mol. The Morgan fingerprint density at radius 1 is 1.26 bits per heavy atom. The zero-order chi connectivity index (χ0) is 13.5. The molecule has 2 rings (SSSR count). The lowest BCUT2D eigenvalue weighted by Crippen LogP contribution is -2.44. The van der Waals surface area contributed by atoms with Gasteiger partial charge in [0.05, 0.1) is 0 Å². The average Bonchev–Trinajstić information content (AvgIpc) is 2.48. The van der Waals surface area contributed by atoms with Crippen molar-refractivity contribution in [3.8, 4) is 0 Å². The lowest BCUT2D eigenvalue weighted by atomic mass is 10.0. The second kappa shape index (κ2) is 7.46. The molecule has 104 valence electrons. The molecule has 1 aromatic rings. The minimum absolute atomic E-state index is 0.724. The Kier molecular flexibility index (Phi) is 5.62. The summed E-state index contributed by atoms with van der Waals surface area (Å²) in [7, 11) is 0. The highest BCUT2D eigenvalue weighted by Crippen LogP contribution is 2.18. The van der Waals surface area contributed by atoms with Crippen molar-refractivity contribution in [1.29, 1.82) is 0 Å². The van der Waals surface area contributed by atoms with E-state index in [2.05, 4.69) is 54.1 Å². The molecule has 1 N–H and O–H groups in total. The number of nitrogens with one attached hydrogen (secondary N) is 1. The van der Waals surface area contributed by atoms with Gasteiger partial charge in [0.15, 0.2) is 0 Å². The highest BCUT2D eigenvalue weighted by atomic mass is 15.2. The van der Waals surface area contributed by atoms with Gasteiger partial charge < -0.3 is 5.32 Å². The van der Waals surface area contributed by atoms with Crippen LogP contribution in [-0.4, -0.2) is 37.1 Å². The van der Waals surface area contributed by atoms with E-state index in [9.17, 15) is 0 Å². The van der Waals surface area contributed by atoms with Gasteiger partial charge in [0.2, 0.25) is 0 Å². The molecule has 1 aromatic carbocycles. The SMILES string of the molecule is C=C(CN(CCC)C1CCNCC1)c1ccccc1. The molecule has 2 heteroatoms. The highest BCUT2D eigenvalue weighted by Gasteiger charge is 2.20. The molecule has 0 aliphatic carbocycles. The van der Waals surface area contributed by atoms with Gasteiger partial charge in [-0.25, -0.2) is 0 Å². The first-order valence-corrected chi connectivity index (χ1v) is 7.49. The van der Waals surface area contributed by atoms with Gasteiger partial charge in [0.1, 0.15) is 0 Å². The third-order valence-corrected chi connectivity index (χ3v) is 3.91. The molecule has 0 saturated carbocycles. The quantitative estimate of drug-likeness (QED) is 0.843. The van der Waals surface area contributed by atoms with E-state index in [1.54, 1.807) is 0 Å². The molecular formula is C17H26N2. The van der Waals surface area contributed by atoms with Crippen molar-refractivity contribution in [2.24, 2.45) is 0 Å². The van der Waals surface area contributed by atoms with E-state index in [0.29, 0.717) is 0 Å². The summed E-state index contributed by atoms with van der Waals surface area (Å²) < 4.78 is 0. The van der Waals surface area contributed by atoms with E-state index in [1.165, 1.54) is 36.9 Å². The largest absolute Gasteiger partial charge is 0.317 e. The molecule has 1 heterocycles. The molecule has 1 aliphatic heterocycles. The van der Waals surface area contributed by atoms with Crippen LogP contribution in [-0.2, 0) is 0 Å². The van der Waals surface area contributed by atoms with E-state index in [1.807, 2.05) is 0 Å². The summed E-state index contributed by atoms with van der Waals surface area (Å²) in [5, 5.41) is 3.45. The number of piperidine rings is 1. The molecule has 0 unspecified atom stereocenters. The van der Waals surface area contributed by atoms with Crippen LogP contribution in [0.1, 0.15) is 31.7 Å². The van der Waals surface area contributed by atoms with Gasteiger partial charge in [-0.2, -0.15) is 0 Å². The second-order valence-electron chi connectivity index (χ2n) is 5.42. The van der Waals surface area contributed by atoms with Crippen molar-refractivity contribution in [3.63, 3.8) is 0 Å².